The summed E-state index contributed by atoms with van der Waals surface area (Å²) in [6.45, 7) is 3.36. The Bertz CT molecular complexity index is 230. The van der Waals surface area contributed by atoms with E-state index in [1.54, 1.807) is 0 Å². The Kier molecular flexibility index (Phi) is 4.67. The van der Waals surface area contributed by atoms with E-state index in [-0.39, 0.29) is 0 Å². The molecule has 0 bridgehead atoms. The van der Waals surface area contributed by atoms with Gasteiger partial charge < -0.3 is 15.0 Å². The van der Waals surface area contributed by atoms with Crippen LogP contribution in [0.1, 0.15) is 32.1 Å². The molecule has 1 saturated heterocycles. The fraction of sp³-hybridized carbons (Fsp3) is 0.846. The van der Waals surface area contributed by atoms with Gasteiger partial charge in [0.2, 0.25) is 0 Å². The van der Waals surface area contributed by atoms with Crippen LogP contribution in [0.15, 0.2) is 12.3 Å². The molecule has 1 fully saturated rings. The molecule has 0 aromatic heterocycles. The Morgan fingerprint density at radius 1 is 1.31 bits per heavy atom. The third-order valence-electron chi connectivity index (χ3n) is 3.70. The molecule has 2 aliphatic rings. The maximum absolute atomic E-state index is 5.54. The minimum Gasteiger partial charge on any atom is -0.497 e. The summed E-state index contributed by atoms with van der Waals surface area (Å²) >= 11 is 0. The molecule has 92 valence electrons. The van der Waals surface area contributed by atoms with Gasteiger partial charge in [0.15, 0.2) is 0 Å². The van der Waals surface area contributed by atoms with E-state index >= 15 is 0 Å². The fourth-order valence-corrected chi connectivity index (χ4v) is 2.55. The van der Waals surface area contributed by atoms with E-state index in [1.807, 2.05) is 6.26 Å². The quantitative estimate of drug-likeness (QED) is 0.787. The Morgan fingerprint density at radius 3 is 3.00 bits per heavy atom. The van der Waals surface area contributed by atoms with E-state index in [1.165, 1.54) is 25.8 Å². The van der Waals surface area contributed by atoms with Gasteiger partial charge in [0.25, 0.3) is 0 Å². The topological polar surface area (TPSA) is 24.5 Å². The van der Waals surface area contributed by atoms with Gasteiger partial charge in [-0.05, 0) is 45.4 Å². The molecule has 0 aliphatic carbocycles. The molecule has 0 aromatic rings. The SMILES string of the molecule is CN1CCCCC1CNCC1CCC=CO1. The Morgan fingerprint density at radius 2 is 2.25 bits per heavy atom. The van der Waals surface area contributed by atoms with Crippen LogP contribution in [0, 0.1) is 0 Å². The number of rotatable bonds is 4. The van der Waals surface area contributed by atoms with Gasteiger partial charge in [0, 0.05) is 19.1 Å². The average Bonchev–Trinajstić information content (AvgIpc) is 2.33. The van der Waals surface area contributed by atoms with Crippen molar-refractivity contribution in [1.29, 1.82) is 0 Å². The smallest absolute Gasteiger partial charge is 0.110 e. The molecular weight excluding hydrogens is 200 g/mol. The zero-order valence-corrected chi connectivity index (χ0v) is 10.3. The van der Waals surface area contributed by atoms with Gasteiger partial charge >= 0.3 is 0 Å². The summed E-state index contributed by atoms with van der Waals surface area (Å²) in [4.78, 5) is 2.48. The van der Waals surface area contributed by atoms with Crippen LogP contribution in [0.4, 0.5) is 0 Å². The van der Waals surface area contributed by atoms with Crippen molar-refractivity contribution < 1.29 is 4.74 Å². The molecule has 2 heterocycles. The maximum atomic E-state index is 5.54. The van der Waals surface area contributed by atoms with E-state index in [0.717, 1.165) is 32.0 Å². The molecule has 0 saturated carbocycles. The van der Waals surface area contributed by atoms with Gasteiger partial charge in [-0.3, -0.25) is 0 Å². The van der Waals surface area contributed by atoms with Crippen molar-refractivity contribution in [2.75, 3.05) is 26.7 Å². The Hall–Kier alpha value is -0.540. The Labute approximate surface area is 98.8 Å². The summed E-state index contributed by atoms with van der Waals surface area (Å²) < 4.78 is 5.54. The summed E-state index contributed by atoms with van der Waals surface area (Å²) in [5.41, 5.74) is 0. The third-order valence-corrected chi connectivity index (χ3v) is 3.70. The molecule has 3 heteroatoms. The molecule has 2 unspecified atom stereocenters. The second-order valence-electron chi connectivity index (χ2n) is 5.00. The number of allylic oxidation sites excluding steroid dienone is 1. The first-order chi connectivity index (χ1) is 7.86. The van der Waals surface area contributed by atoms with Gasteiger partial charge in [-0.25, -0.2) is 0 Å². The second-order valence-corrected chi connectivity index (χ2v) is 5.00. The molecule has 0 spiro atoms. The largest absolute Gasteiger partial charge is 0.497 e. The predicted octanol–water partition coefficient (Wildman–Crippen LogP) is 1.75. The van der Waals surface area contributed by atoms with Crippen LogP contribution in [0.2, 0.25) is 0 Å². The van der Waals surface area contributed by atoms with Gasteiger partial charge in [-0.15, -0.1) is 0 Å². The van der Waals surface area contributed by atoms with Crippen LogP contribution in [0.25, 0.3) is 0 Å². The van der Waals surface area contributed by atoms with Crippen molar-refractivity contribution in [1.82, 2.24) is 10.2 Å². The predicted molar refractivity (Wildman–Crippen MR) is 66.4 cm³/mol. The number of nitrogens with zero attached hydrogens (tertiary/aromatic N) is 1. The van der Waals surface area contributed by atoms with E-state index in [0.29, 0.717) is 6.10 Å². The highest BCUT2D eigenvalue weighted by Gasteiger charge is 2.19. The van der Waals surface area contributed by atoms with E-state index in [9.17, 15) is 0 Å². The lowest BCUT2D eigenvalue weighted by atomic mass is 10.0. The fourth-order valence-electron chi connectivity index (χ4n) is 2.55. The molecule has 2 aliphatic heterocycles. The van der Waals surface area contributed by atoms with Crippen molar-refractivity contribution in [3.63, 3.8) is 0 Å². The standard InChI is InChI=1S/C13H24N2O/c1-15-8-4-2-6-12(15)10-14-11-13-7-3-5-9-16-13/h5,9,12-14H,2-4,6-8,10-11H2,1H3. The highest BCUT2D eigenvalue weighted by molar-refractivity contribution is 4.84. The van der Waals surface area contributed by atoms with E-state index < -0.39 is 0 Å². The second kappa shape index (κ2) is 6.26. The lowest BCUT2D eigenvalue weighted by molar-refractivity contribution is 0.116. The summed E-state index contributed by atoms with van der Waals surface area (Å²) in [6.07, 6.45) is 10.8. The number of hydrogen-bond acceptors (Lipinski definition) is 3. The van der Waals surface area contributed by atoms with Crippen molar-refractivity contribution in [3.05, 3.63) is 12.3 Å². The molecule has 3 nitrogen and oxygen atoms in total. The first kappa shape index (κ1) is 11.9. The zero-order chi connectivity index (χ0) is 11.2. The molecule has 0 amide bonds. The minimum absolute atomic E-state index is 0.388. The number of piperidine rings is 1. The highest BCUT2D eigenvalue weighted by atomic mass is 16.5. The van der Waals surface area contributed by atoms with Crippen LogP contribution in [0.5, 0.6) is 0 Å². The monoisotopic (exact) mass is 224 g/mol. The summed E-state index contributed by atoms with van der Waals surface area (Å²) in [5, 5.41) is 3.55. The van der Waals surface area contributed by atoms with Gasteiger partial charge in [0.1, 0.15) is 6.10 Å². The molecular formula is C13H24N2O. The molecule has 0 aromatic carbocycles. The maximum Gasteiger partial charge on any atom is 0.110 e. The van der Waals surface area contributed by atoms with Crippen molar-refractivity contribution in [2.45, 2.75) is 44.2 Å². The zero-order valence-electron chi connectivity index (χ0n) is 10.3. The lowest BCUT2D eigenvalue weighted by Crippen LogP contribution is -2.44. The average molecular weight is 224 g/mol. The highest BCUT2D eigenvalue weighted by Crippen LogP contribution is 2.14. The third kappa shape index (κ3) is 3.49. The van der Waals surface area contributed by atoms with Gasteiger partial charge in [0.05, 0.1) is 6.26 Å². The van der Waals surface area contributed by atoms with E-state index in [4.69, 9.17) is 4.74 Å². The molecule has 16 heavy (non-hydrogen) atoms. The molecule has 2 rings (SSSR count). The summed E-state index contributed by atoms with van der Waals surface area (Å²) in [6, 6.07) is 0.730. The van der Waals surface area contributed by atoms with Crippen molar-refractivity contribution in [3.8, 4) is 0 Å². The van der Waals surface area contributed by atoms with Gasteiger partial charge in [-0.1, -0.05) is 6.42 Å². The Balaban J connectivity index is 1.61. The number of likely N-dealkylation sites (N-methyl/N-ethyl adjacent to an activating group) is 1. The number of nitrogens with one attached hydrogen (secondary N) is 1. The number of hydrogen-bond donors (Lipinski definition) is 1. The van der Waals surface area contributed by atoms with Crippen LogP contribution < -0.4 is 5.32 Å². The van der Waals surface area contributed by atoms with Crippen LogP contribution >= 0.6 is 0 Å². The summed E-state index contributed by atoms with van der Waals surface area (Å²) in [5.74, 6) is 0. The lowest BCUT2D eigenvalue weighted by Gasteiger charge is -2.33. The van der Waals surface area contributed by atoms with E-state index in [2.05, 4.69) is 23.3 Å². The van der Waals surface area contributed by atoms with Crippen LogP contribution in [0.3, 0.4) is 0 Å². The number of ether oxygens (including phenoxy) is 1. The first-order valence-electron chi connectivity index (χ1n) is 6.57. The summed E-state index contributed by atoms with van der Waals surface area (Å²) in [7, 11) is 2.24. The molecule has 0 radical (unpaired) electrons. The molecule has 1 N–H and O–H groups in total. The number of likely N-dealkylation sites (tertiary alicyclic amines) is 1. The van der Waals surface area contributed by atoms with Crippen LogP contribution in [-0.2, 0) is 4.74 Å². The van der Waals surface area contributed by atoms with Crippen LogP contribution in [-0.4, -0.2) is 43.7 Å². The molecule has 2 atom stereocenters. The van der Waals surface area contributed by atoms with Crippen molar-refractivity contribution >= 4 is 0 Å². The first-order valence-corrected chi connectivity index (χ1v) is 6.57. The van der Waals surface area contributed by atoms with Gasteiger partial charge in [-0.2, -0.15) is 0 Å². The minimum atomic E-state index is 0.388. The van der Waals surface area contributed by atoms with Crippen molar-refractivity contribution in [2.24, 2.45) is 0 Å². The normalized spacial score (nSPS) is 31.3.